The lowest BCUT2D eigenvalue weighted by molar-refractivity contribution is -0.177. The van der Waals surface area contributed by atoms with Crippen LogP contribution < -0.4 is 5.32 Å². The van der Waals surface area contributed by atoms with Crippen molar-refractivity contribution in [1.82, 2.24) is 5.32 Å². The molecule has 2 aliphatic heterocycles. The van der Waals surface area contributed by atoms with Gasteiger partial charge in [-0.1, -0.05) is 0 Å². The first kappa shape index (κ1) is 14.1. The third kappa shape index (κ3) is 3.27. The summed E-state index contributed by atoms with van der Waals surface area (Å²) in [6.07, 6.45) is 5.58. The van der Waals surface area contributed by atoms with Crippen molar-refractivity contribution < 1.29 is 14.2 Å². The predicted molar refractivity (Wildman–Crippen MR) is 76.6 cm³/mol. The molecule has 1 aliphatic carbocycles. The van der Waals surface area contributed by atoms with Crippen molar-refractivity contribution in [3.63, 3.8) is 0 Å². The van der Waals surface area contributed by atoms with E-state index >= 15 is 0 Å². The van der Waals surface area contributed by atoms with Crippen LogP contribution in [0, 0.1) is 0 Å². The molecular formula is C14H25NO3S. The van der Waals surface area contributed by atoms with Gasteiger partial charge < -0.3 is 19.5 Å². The summed E-state index contributed by atoms with van der Waals surface area (Å²) in [5.74, 6) is -0.268. The van der Waals surface area contributed by atoms with Crippen molar-refractivity contribution in [2.24, 2.45) is 0 Å². The molecule has 0 aromatic carbocycles. The molecule has 4 nitrogen and oxygen atoms in total. The maximum absolute atomic E-state index is 5.91. The molecule has 1 N–H and O–H groups in total. The van der Waals surface area contributed by atoms with Crippen LogP contribution in [-0.2, 0) is 14.2 Å². The van der Waals surface area contributed by atoms with Gasteiger partial charge in [0.05, 0.1) is 13.2 Å². The lowest BCUT2D eigenvalue weighted by atomic mass is 9.89. The Morgan fingerprint density at radius 3 is 2.47 bits per heavy atom. The van der Waals surface area contributed by atoms with E-state index in [1.807, 2.05) is 0 Å². The molecule has 3 fully saturated rings. The van der Waals surface area contributed by atoms with E-state index in [1.54, 1.807) is 0 Å². The first-order valence-electron chi connectivity index (χ1n) is 7.50. The van der Waals surface area contributed by atoms with Crippen LogP contribution >= 0.6 is 11.8 Å². The molecule has 0 aromatic rings. The maximum Gasteiger partial charge on any atom is 0.169 e. The molecule has 2 atom stereocenters. The van der Waals surface area contributed by atoms with Gasteiger partial charge in [-0.2, -0.15) is 11.8 Å². The summed E-state index contributed by atoms with van der Waals surface area (Å²) in [5.41, 5.74) is 0. The van der Waals surface area contributed by atoms with Crippen molar-refractivity contribution in [3.8, 4) is 0 Å². The molecule has 0 aromatic heterocycles. The van der Waals surface area contributed by atoms with Crippen LogP contribution in [0.4, 0.5) is 0 Å². The van der Waals surface area contributed by atoms with Gasteiger partial charge in [0.25, 0.3) is 0 Å². The Kier molecular flexibility index (Phi) is 4.70. The average Bonchev–Trinajstić information content (AvgIpc) is 2.88. The Balaban J connectivity index is 1.61. The minimum atomic E-state index is -0.268. The lowest BCUT2D eigenvalue weighted by Gasteiger charge is -2.42. The minimum Gasteiger partial charge on any atom is -0.381 e. The highest BCUT2D eigenvalue weighted by molar-refractivity contribution is 8.00. The number of hydrogen-bond acceptors (Lipinski definition) is 5. The van der Waals surface area contributed by atoms with Gasteiger partial charge in [-0.25, -0.2) is 0 Å². The molecule has 1 saturated carbocycles. The van der Waals surface area contributed by atoms with Crippen molar-refractivity contribution in [1.29, 1.82) is 0 Å². The van der Waals surface area contributed by atoms with Gasteiger partial charge in [0, 0.05) is 42.6 Å². The van der Waals surface area contributed by atoms with Crippen LogP contribution in [0.1, 0.15) is 32.1 Å². The van der Waals surface area contributed by atoms with E-state index < -0.39 is 0 Å². The van der Waals surface area contributed by atoms with E-state index in [1.165, 1.54) is 12.8 Å². The molecule has 19 heavy (non-hydrogen) atoms. The fourth-order valence-electron chi connectivity index (χ4n) is 3.40. The number of nitrogens with one attached hydrogen (secondary N) is 1. The topological polar surface area (TPSA) is 39.7 Å². The Morgan fingerprint density at radius 2 is 1.79 bits per heavy atom. The molecule has 0 radical (unpaired) electrons. The fourth-order valence-corrected chi connectivity index (χ4v) is 5.17. The summed E-state index contributed by atoms with van der Waals surface area (Å²) in [4.78, 5) is 0. The van der Waals surface area contributed by atoms with E-state index in [-0.39, 0.29) is 5.79 Å². The Morgan fingerprint density at radius 1 is 1.05 bits per heavy atom. The van der Waals surface area contributed by atoms with Crippen molar-refractivity contribution in [3.05, 3.63) is 0 Å². The second kappa shape index (κ2) is 6.31. The van der Waals surface area contributed by atoms with Crippen LogP contribution in [0.5, 0.6) is 0 Å². The Hall–Kier alpha value is 0.190. The quantitative estimate of drug-likeness (QED) is 0.857. The summed E-state index contributed by atoms with van der Waals surface area (Å²) >= 11 is 2.13. The Bertz CT molecular complexity index is 290. The molecule has 5 heteroatoms. The third-order valence-electron chi connectivity index (χ3n) is 4.52. The van der Waals surface area contributed by atoms with Gasteiger partial charge >= 0.3 is 0 Å². The third-order valence-corrected chi connectivity index (χ3v) is 6.22. The van der Waals surface area contributed by atoms with E-state index in [4.69, 9.17) is 14.2 Å². The van der Waals surface area contributed by atoms with Gasteiger partial charge in [0.1, 0.15) is 0 Å². The SMILES string of the molecule is CNC1CCC2(CC1SC1CCOCC1)OCCO2. The number of hydrogen-bond donors (Lipinski definition) is 1. The monoisotopic (exact) mass is 287 g/mol. The zero-order chi connectivity index (χ0) is 13.1. The van der Waals surface area contributed by atoms with Gasteiger partial charge in [0.15, 0.2) is 5.79 Å². The largest absolute Gasteiger partial charge is 0.381 e. The average molecular weight is 287 g/mol. The smallest absolute Gasteiger partial charge is 0.169 e. The fraction of sp³-hybridized carbons (Fsp3) is 1.00. The van der Waals surface area contributed by atoms with Crippen molar-refractivity contribution in [2.45, 2.75) is 54.4 Å². The normalized spacial score (nSPS) is 35.8. The molecule has 2 unspecified atom stereocenters. The van der Waals surface area contributed by atoms with E-state index in [0.29, 0.717) is 11.3 Å². The summed E-state index contributed by atoms with van der Waals surface area (Å²) in [7, 11) is 2.08. The first-order valence-corrected chi connectivity index (χ1v) is 8.44. The van der Waals surface area contributed by atoms with Crippen molar-refractivity contribution >= 4 is 11.8 Å². The standard InChI is InChI=1S/C14H25NO3S/c1-15-12-2-5-14(17-8-9-18-14)10-13(12)19-11-3-6-16-7-4-11/h11-13,15H,2-10H2,1H3. The summed E-state index contributed by atoms with van der Waals surface area (Å²) in [6.45, 7) is 3.37. The molecule has 2 heterocycles. The number of thioether (sulfide) groups is 1. The second-order valence-corrected chi connectivity index (χ2v) is 7.28. The summed E-state index contributed by atoms with van der Waals surface area (Å²) in [5, 5.41) is 4.83. The molecule has 0 bridgehead atoms. The van der Waals surface area contributed by atoms with Gasteiger partial charge in [0.2, 0.25) is 0 Å². The van der Waals surface area contributed by atoms with E-state index in [2.05, 4.69) is 24.1 Å². The highest BCUT2D eigenvalue weighted by atomic mass is 32.2. The highest BCUT2D eigenvalue weighted by Gasteiger charge is 2.45. The molecule has 1 spiro atoms. The molecule has 110 valence electrons. The lowest BCUT2D eigenvalue weighted by Crippen LogP contribution is -2.49. The minimum absolute atomic E-state index is 0.268. The highest BCUT2D eigenvalue weighted by Crippen LogP contribution is 2.42. The zero-order valence-electron chi connectivity index (χ0n) is 11.7. The molecular weight excluding hydrogens is 262 g/mol. The molecule has 0 amide bonds. The van der Waals surface area contributed by atoms with E-state index in [0.717, 1.165) is 50.9 Å². The summed E-state index contributed by atoms with van der Waals surface area (Å²) < 4.78 is 17.3. The van der Waals surface area contributed by atoms with Gasteiger partial charge in [-0.05, 0) is 26.3 Å². The van der Waals surface area contributed by atoms with E-state index in [9.17, 15) is 0 Å². The van der Waals surface area contributed by atoms with Crippen LogP contribution in [0.15, 0.2) is 0 Å². The molecule has 2 saturated heterocycles. The van der Waals surface area contributed by atoms with Crippen LogP contribution in [0.25, 0.3) is 0 Å². The van der Waals surface area contributed by atoms with Crippen LogP contribution in [-0.4, -0.2) is 55.8 Å². The first-order chi connectivity index (χ1) is 9.31. The second-order valence-electron chi connectivity index (χ2n) is 5.73. The van der Waals surface area contributed by atoms with Gasteiger partial charge in [-0.15, -0.1) is 0 Å². The Labute approximate surface area is 119 Å². The van der Waals surface area contributed by atoms with Gasteiger partial charge in [-0.3, -0.25) is 0 Å². The van der Waals surface area contributed by atoms with Crippen molar-refractivity contribution in [2.75, 3.05) is 33.5 Å². The van der Waals surface area contributed by atoms with Crippen LogP contribution in [0.3, 0.4) is 0 Å². The molecule has 3 rings (SSSR count). The zero-order valence-corrected chi connectivity index (χ0v) is 12.5. The van der Waals surface area contributed by atoms with Crippen LogP contribution in [0.2, 0.25) is 0 Å². The number of rotatable bonds is 3. The predicted octanol–water partition coefficient (Wildman–Crippen LogP) is 1.78. The molecule has 3 aliphatic rings. The summed E-state index contributed by atoms with van der Waals surface area (Å²) in [6, 6.07) is 0.589. The number of ether oxygens (including phenoxy) is 3. The maximum atomic E-state index is 5.91.